The molecule has 0 fully saturated rings. The van der Waals surface area contributed by atoms with Gasteiger partial charge in [0.25, 0.3) is 5.91 Å². The van der Waals surface area contributed by atoms with Crippen molar-refractivity contribution in [2.24, 2.45) is 0 Å². The van der Waals surface area contributed by atoms with Gasteiger partial charge in [0.15, 0.2) is 5.82 Å². The highest BCUT2D eigenvalue weighted by atomic mass is 16.2. The molecule has 0 radical (unpaired) electrons. The Morgan fingerprint density at radius 2 is 2.07 bits per heavy atom. The highest BCUT2D eigenvalue weighted by molar-refractivity contribution is 6.07. The Morgan fingerprint density at radius 1 is 1.13 bits per heavy atom. The molecule has 0 spiro atoms. The normalized spacial score (nSPS) is 14.7. The average molecular weight is 399 g/mol. The molecule has 3 aromatic rings. The van der Waals surface area contributed by atoms with Gasteiger partial charge in [-0.05, 0) is 54.7 Å². The third kappa shape index (κ3) is 3.39. The number of rotatable bonds is 4. The maximum Gasteiger partial charge on any atom is 0.257 e. The fraction of sp³-hybridized carbons (Fsp3) is 0.217. The van der Waals surface area contributed by atoms with Crippen molar-refractivity contribution in [3.8, 4) is 0 Å². The highest BCUT2D eigenvalue weighted by Crippen LogP contribution is 2.31. The molecule has 150 valence electrons. The molecule has 7 nitrogen and oxygen atoms in total. The van der Waals surface area contributed by atoms with Crippen LogP contribution in [0.3, 0.4) is 0 Å². The van der Waals surface area contributed by atoms with Gasteiger partial charge in [-0.25, -0.2) is 4.98 Å². The van der Waals surface area contributed by atoms with Gasteiger partial charge in [-0.2, -0.15) is 0 Å². The van der Waals surface area contributed by atoms with Crippen LogP contribution in [0.15, 0.2) is 54.9 Å². The standard InChI is InChI=1S/C23H21N5O2/c29-21-13-26-22-20(28(21)14-17-7-1-2-10-24-17)11-16(12-25-22)23(30)27-19-9-4-6-15-5-3-8-18(15)19/h1-2,4,6-7,9-12H,3,5,8,13-14H2,(H,25,26)(H,27,30). The van der Waals surface area contributed by atoms with Crippen LogP contribution in [-0.2, 0) is 24.2 Å². The molecular weight excluding hydrogens is 378 g/mol. The molecule has 0 unspecified atom stereocenters. The van der Waals surface area contributed by atoms with Crippen molar-refractivity contribution >= 4 is 29.0 Å². The molecule has 0 saturated heterocycles. The maximum absolute atomic E-state index is 13.0. The van der Waals surface area contributed by atoms with Crippen molar-refractivity contribution in [1.29, 1.82) is 0 Å². The van der Waals surface area contributed by atoms with E-state index in [1.54, 1.807) is 23.4 Å². The van der Waals surface area contributed by atoms with Crippen LogP contribution in [0.25, 0.3) is 0 Å². The van der Waals surface area contributed by atoms with Crippen LogP contribution < -0.4 is 15.5 Å². The number of hydrogen-bond donors (Lipinski definition) is 2. The molecule has 2 aliphatic rings. The van der Waals surface area contributed by atoms with Gasteiger partial charge >= 0.3 is 0 Å². The zero-order valence-corrected chi connectivity index (χ0v) is 16.4. The summed E-state index contributed by atoms with van der Waals surface area (Å²) in [7, 11) is 0. The van der Waals surface area contributed by atoms with Crippen molar-refractivity contribution in [2.75, 3.05) is 22.1 Å². The molecule has 2 N–H and O–H groups in total. The Morgan fingerprint density at radius 3 is 2.93 bits per heavy atom. The first-order valence-corrected chi connectivity index (χ1v) is 10.1. The number of aromatic nitrogens is 2. The number of pyridine rings is 2. The SMILES string of the molecule is O=C(Nc1cccc2c1CCC2)c1cnc2c(c1)N(Cc1ccccn1)C(=O)CN2. The second-order valence-corrected chi connectivity index (χ2v) is 7.50. The van der Waals surface area contributed by atoms with Crippen LogP contribution in [0, 0.1) is 0 Å². The van der Waals surface area contributed by atoms with Gasteiger partial charge in [-0.15, -0.1) is 0 Å². The molecule has 7 heteroatoms. The molecule has 2 aromatic heterocycles. The number of amides is 2. The Bertz CT molecular complexity index is 1130. The summed E-state index contributed by atoms with van der Waals surface area (Å²) in [5.41, 5.74) is 5.13. The lowest BCUT2D eigenvalue weighted by atomic mass is 10.1. The van der Waals surface area contributed by atoms with Crippen LogP contribution in [0.2, 0.25) is 0 Å². The van der Waals surface area contributed by atoms with E-state index in [1.165, 1.54) is 11.1 Å². The molecule has 0 bridgehead atoms. The molecule has 1 aliphatic heterocycles. The largest absolute Gasteiger partial charge is 0.359 e. The fourth-order valence-electron chi connectivity index (χ4n) is 4.07. The van der Waals surface area contributed by atoms with Crippen molar-refractivity contribution < 1.29 is 9.59 Å². The lowest BCUT2D eigenvalue weighted by Gasteiger charge is -2.29. The number of aryl methyl sites for hydroxylation is 1. The van der Waals surface area contributed by atoms with Crippen molar-refractivity contribution in [3.05, 3.63) is 77.2 Å². The predicted octanol–water partition coefficient (Wildman–Crippen LogP) is 3.18. The number of benzene rings is 1. The molecule has 1 aromatic carbocycles. The van der Waals surface area contributed by atoms with Crippen LogP contribution >= 0.6 is 0 Å². The lowest BCUT2D eigenvalue weighted by Crippen LogP contribution is -2.40. The van der Waals surface area contributed by atoms with E-state index in [0.29, 0.717) is 23.6 Å². The molecule has 0 saturated carbocycles. The molecule has 30 heavy (non-hydrogen) atoms. The number of fused-ring (bicyclic) bond motifs is 2. The van der Waals surface area contributed by atoms with Crippen molar-refractivity contribution in [2.45, 2.75) is 25.8 Å². The third-order valence-electron chi connectivity index (χ3n) is 5.57. The number of carbonyl (C=O) groups excluding carboxylic acids is 2. The van der Waals surface area contributed by atoms with E-state index in [1.807, 2.05) is 30.3 Å². The minimum absolute atomic E-state index is 0.0895. The summed E-state index contributed by atoms with van der Waals surface area (Å²) in [6.45, 7) is 0.488. The summed E-state index contributed by atoms with van der Waals surface area (Å²) < 4.78 is 0. The lowest BCUT2D eigenvalue weighted by molar-refractivity contribution is -0.117. The van der Waals surface area contributed by atoms with Crippen molar-refractivity contribution in [1.82, 2.24) is 9.97 Å². The summed E-state index contributed by atoms with van der Waals surface area (Å²) in [5.74, 6) is 0.262. The molecule has 0 atom stereocenters. The van der Waals surface area contributed by atoms with E-state index in [4.69, 9.17) is 0 Å². The molecular formula is C23H21N5O2. The van der Waals surface area contributed by atoms with E-state index in [0.717, 1.165) is 30.6 Å². The maximum atomic E-state index is 13.0. The van der Waals surface area contributed by atoms with Crippen LogP contribution in [0.4, 0.5) is 17.2 Å². The van der Waals surface area contributed by atoms with E-state index in [9.17, 15) is 9.59 Å². The van der Waals surface area contributed by atoms with Crippen LogP contribution in [0.1, 0.15) is 33.6 Å². The van der Waals surface area contributed by atoms with Crippen molar-refractivity contribution in [3.63, 3.8) is 0 Å². The molecule has 2 amide bonds. The minimum Gasteiger partial charge on any atom is -0.359 e. The van der Waals surface area contributed by atoms with Crippen LogP contribution in [0.5, 0.6) is 0 Å². The molecule has 5 rings (SSSR count). The first kappa shape index (κ1) is 18.3. The Kier molecular flexibility index (Phi) is 4.63. The summed E-state index contributed by atoms with van der Waals surface area (Å²) in [4.78, 5) is 35.9. The quantitative estimate of drug-likeness (QED) is 0.704. The summed E-state index contributed by atoms with van der Waals surface area (Å²) >= 11 is 0. The highest BCUT2D eigenvalue weighted by Gasteiger charge is 2.27. The topological polar surface area (TPSA) is 87.2 Å². The first-order chi connectivity index (χ1) is 14.7. The summed E-state index contributed by atoms with van der Waals surface area (Å²) in [6.07, 6.45) is 6.38. The number of nitrogens with one attached hydrogen (secondary N) is 2. The monoisotopic (exact) mass is 399 g/mol. The molecule has 3 heterocycles. The smallest absolute Gasteiger partial charge is 0.257 e. The molecule has 1 aliphatic carbocycles. The van der Waals surface area contributed by atoms with Gasteiger partial charge in [0, 0.05) is 18.1 Å². The van der Waals surface area contributed by atoms with Gasteiger partial charge in [-0.3, -0.25) is 14.6 Å². The van der Waals surface area contributed by atoms with E-state index < -0.39 is 0 Å². The van der Waals surface area contributed by atoms with E-state index >= 15 is 0 Å². The average Bonchev–Trinajstić information content (AvgIpc) is 3.26. The minimum atomic E-state index is -0.235. The van der Waals surface area contributed by atoms with E-state index in [-0.39, 0.29) is 18.4 Å². The predicted molar refractivity (Wildman–Crippen MR) is 115 cm³/mol. The zero-order chi connectivity index (χ0) is 20.5. The number of carbonyl (C=O) groups is 2. The van der Waals surface area contributed by atoms with Gasteiger partial charge in [0.2, 0.25) is 5.91 Å². The Hall–Kier alpha value is -3.74. The number of anilines is 3. The first-order valence-electron chi connectivity index (χ1n) is 10.1. The van der Waals surface area contributed by atoms with Gasteiger partial charge < -0.3 is 15.5 Å². The van der Waals surface area contributed by atoms with Gasteiger partial charge in [0.05, 0.1) is 30.0 Å². The fourth-order valence-corrected chi connectivity index (χ4v) is 4.07. The Balaban J connectivity index is 1.43. The summed E-state index contributed by atoms with van der Waals surface area (Å²) in [6, 6.07) is 13.3. The zero-order valence-electron chi connectivity index (χ0n) is 16.4. The number of hydrogen-bond acceptors (Lipinski definition) is 5. The number of nitrogens with zero attached hydrogens (tertiary/aromatic N) is 3. The third-order valence-corrected chi connectivity index (χ3v) is 5.57. The van der Waals surface area contributed by atoms with Gasteiger partial charge in [0.1, 0.15) is 0 Å². The van der Waals surface area contributed by atoms with Gasteiger partial charge in [-0.1, -0.05) is 18.2 Å². The second kappa shape index (κ2) is 7.59. The van der Waals surface area contributed by atoms with Crippen LogP contribution in [-0.4, -0.2) is 28.3 Å². The Labute approximate surface area is 174 Å². The second-order valence-electron chi connectivity index (χ2n) is 7.50. The van der Waals surface area contributed by atoms with E-state index in [2.05, 4.69) is 26.7 Å². The summed E-state index contributed by atoms with van der Waals surface area (Å²) in [5, 5.41) is 6.05.